The second kappa shape index (κ2) is 3.83. The third kappa shape index (κ3) is 1.95. The molecule has 4 nitrogen and oxygen atoms in total. The zero-order valence-electron chi connectivity index (χ0n) is 7.00. The Morgan fingerprint density at radius 2 is 2.21 bits per heavy atom. The van der Waals surface area contributed by atoms with Crippen molar-refractivity contribution in [2.45, 2.75) is 13.3 Å². The minimum Gasteiger partial charge on any atom is -0.258 e. The summed E-state index contributed by atoms with van der Waals surface area (Å²) in [4.78, 5) is 13.0. The first-order valence-electron chi connectivity index (χ1n) is 3.53. The quantitative estimate of drug-likeness (QED) is 0.571. The van der Waals surface area contributed by atoms with Gasteiger partial charge in [0.05, 0.1) is 4.92 Å². The zero-order valence-corrected chi connectivity index (χ0v) is 7.76. The van der Waals surface area contributed by atoms with Gasteiger partial charge in [0.25, 0.3) is 12.1 Å². The SMILES string of the molecule is Cc1cc([N+](=O)[O-])c(Cl)c(C(F)F)n1. The van der Waals surface area contributed by atoms with E-state index >= 15 is 0 Å². The maximum Gasteiger partial charge on any atom is 0.291 e. The first-order valence-corrected chi connectivity index (χ1v) is 3.91. The minimum absolute atomic E-state index is 0.136. The van der Waals surface area contributed by atoms with Gasteiger partial charge in [-0.15, -0.1) is 0 Å². The largest absolute Gasteiger partial charge is 0.291 e. The van der Waals surface area contributed by atoms with E-state index in [1.807, 2.05) is 0 Å². The lowest BCUT2D eigenvalue weighted by atomic mass is 10.2. The van der Waals surface area contributed by atoms with Crippen LogP contribution in [0.2, 0.25) is 5.02 Å². The van der Waals surface area contributed by atoms with Crippen LogP contribution in [0.3, 0.4) is 0 Å². The molecular weight excluding hydrogens is 218 g/mol. The van der Waals surface area contributed by atoms with E-state index < -0.39 is 27.8 Å². The Balaban J connectivity index is 3.40. The molecule has 0 fully saturated rings. The van der Waals surface area contributed by atoms with Crippen LogP contribution in [-0.2, 0) is 0 Å². The topological polar surface area (TPSA) is 56.0 Å². The van der Waals surface area contributed by atoms with Gasteiger partial charge in [0.1, 0.15) is 10.7 Å². The van der Waals surface area contributed by atoms with Crippen molar-refractivity contribution >= 4 is 17.3 Å². The van der Waals surface area contributed by atoms with Crippen LogP contribution in [0.4, 0.5) is 14.5 Å². The lowest BCUT2D eigenvalue weighted by Gasteiger charge is -2.03. The summed E-state index contributed by atoms with van der Waals surface area (Å²) in [6.45, 7) is 1.38. The fourth-order valence-corrected chi connectivity index (χ4v) is 1.19. The normalized spacial score (nSPS) is 10.6. The predicted octanol–water partition coefficient (Wildman–Crippen LogP) is 2.89. The summed E-state index contributed by atoms with van der Waals surface area (Å²) in [7, 11) is 0. The molecule has 0 N–H and O–H groups in total. The first kappa shape index (κ1) is 10.8. The number of rotatable bonds is 2. The van der Waals surface area contributed by atoms with Gasteiger partial charge >= 0.3 is 0 Å². The van der Waals surface area contributed by atoms with Gasteiger partial charge in [0, 0.05) is 11.8 Å². The van der Waals surface area contributed by atoms with Crippen LogP contribution in [0, 0.1) is 17.0 Å². The number of nitrogens with zero attached hydrogens (tertiary/aromatic N) is 2. The van der Waals surface area contributed by atoms with Crippen molar-refractivity contribution in [3.8, 4) is 0 Å². The van der Waals surface area contributed by atoms with Gasteiger partial charge in [-0.05, 0) is 6.92 Å². The summed E-state index contributed by atoms with van der Waals surface area (Å²) in [6, 6.07) is 1.05. The Labute approximate surface area is 82.7 Å². The van der Waals surface area contributed by atoms with Crippen LogP contribution in [0.1, 0.15) is 17.8 Å². The summed E-state index contributed by atoms with van der Waals surface area (Å²) in [5.41, 5.74) is -1.16. The molecule has 0 saturated heterocycles. The number of nitro groups is 1. The highest BCUT2D eigenvalue weighted by molar-refractivity contribution is 6.33. The molecule has 1 heterocycles. The monoisotopic (exact) mass is 222 g/mol. The third-order valence-corrected chi connectivity index (χ3v) is 1.88. The van der Waals surface area contributed by atoms with E-state index in [9.17, 15) is 18.9 Å². The Bertz CT molecular complexity index is 384. The molecule has 1 rings (SSSR count). The Kier molecular flexibility index (Phi) is 2.95. The molecule has 1 aromatic heterocycles. The van der Waals surface area contributed by atoms with Crippen LogP contribution in [0.5, 0.6) is 0 Å². The van der Waals surface area contributed by atoms with Gasteiger partial charge in [0.15, 0.2) is 0 Å². The number of pyridine rings is 1. The molecule has 76 valence electrons. The van der Waals surface area contributed by atoms with Crippen LogP contribution in [0.15, 0.2) is 6.07 Å². The number of hydrogen-bond donors (Lipinski definition) is 0. The van der Waals surface area contributed by atoms with Gasteiger partial charge < -0.3 is 0 Å². The highest BCUT2D eigenvalue weighted by atomic mass is 35.5. The molecule has 0 aromatic carbocycles. The lowest BCUT2D eigenvalue weighted by Crippen LogP contribution is -1.99. The van der Waals surface area contributed by atoms with Gasteiger partial charge in [-0.1, -0.05) is 11.6 Å². The molecule has 0 aliphatic rings. The van der Waals surface area contributed by atoms with E-state index in [2.05, 4.69) is 4.98 Å². The number of halogens is 3. The Morgan fingerprint density at radius 3 is 2.64 bits per heavy atom. The highest BCUT2D eigenvalue weighted by Crippen LogP contribution is 2.32. The maximum absolute atomic E-state index is 12.3. The fraction of sp³-hybridized carbons (Fsp3) is 0.286. The number of hydrogen-bond acceptors (Lipinski definition) is 3. The van der Waals surface area contributed by atoms with Crippen molar-refractivity contribution < 1.29 is 13.7 Å². The number of aryl methyl sites for hydroxylation is 1. The summed E-state index contributed by atoms with van der Waals surface area (Å²) in [6.07, 6.45) is -2.92. The molecule has 0 spiro atoms. The van der Waals surface area contributed by atoms with Crippen molar-refractivity contribution in [1.82, 2.24) is 4.98 Å². The van der Waals surface area contributed by atoms with Crippen LogP contribution in [0.25, 0.3) is 0 Å². The molecule has 7 heteroatoms. The first-order chi connectivity index (χ1) is 6.43. The average Bonchev–Trinajstić information content (AvgIpc) is 2.07. The van der Waals surface area contributed by atoms with Gasteiger partial charge in [-0.3, -0.25) is 15.1 Å². The van der Waals surface area contributed by atoms with Crippen molar-refractivity contribution in [3.05, 3.63) is 32.6 Å². The molecular formula is C7H5ClF2N2O2. The minimum atomic E-state index is -2.92. The fourth-order valence-electron chi connectivity index (χ4n) is 0.941. The molecule has 0 unspecified atom stereocenters. The predicted molar refractivity (Wildman–Crippen MR) is 45.6 cm³/mol. The van der Waals surface area contributed by atoms with Crippen molar-refractivity contribution in [2.24, 2.45) is 0 Å². The van der Waals surface area contributed by atoms with Gasteiger partial charge in [0.2, 0.25) is 0 Å². The van der Waals surface area contributed by atoms with Gasteiger partial charge in [-0.25, -0.2) is 8.78 Å². The average molecular weight is 223 g/mol. The lowest BCUT2D eigenvalue weighted by molar-refractivity contribution is -0.384. The van der Waals surface area contributed by atoms with E-state index in [0.717, 1.165) is 6.07 Å². The molecule has 0 aliphatic heterocycles. The second-order valence-corrected chi connectivity index (χ2v) is 2.92. The van der Waals surface area contributed by atoms with Crippen molar-refractivity contribution in [1.29, 1.82) is 0 Å². The highest BCUT2D eigenvalue weighted by Gasteiger charge is 2.23. The molecule has 0 aliphatic carbocycles. The van der Waals surface area contributed by atoms with Crippen molar-refractivity contribution in [2.75, 3.05) is 0 Å². The van der Waals surface area contributed by atoms with E-state index in [1.54, 1.807) is 0 Å². The third-order valence-electron chi connectivity index (χ3n) is 1.50. The molecule has 0 amide bonds. The van der Waals surface area contributed by atoms with E-state index in [0.29, 0.717) is 0 Å². The second-order valence-electron chi connectivity index (χ2n) is 2.54. The number of alkyl halides is 2. The Hall–Kier alpha value is -1.30. The van der Waals surface area contributed by atoms with Crippen molar-refractivity contribution in [3.63, 3.8) is 0 Å². The summed E-state index contributed by atoms with van der Waals surface area (Å²) in [5, 5.41) is 9.80. The smallest absolute Gasteiger partial charge is 0.258 e. The van der Waals surface area contributed by atoms with Crippen LogP contribution in [-0.4, -0.2) is 9.91 Å². The number of aromatic nitrogens is 1. The van der Waals surface area contributed by atoms with E-state index in [1.165, 1.54) is 6.92 Å². The molecule has 0 saturated carbocycles. The van der Waals surface area contributed by atoms with Gasteiger partial charge in [-0.2, -0.15) is 0 Å². The van der Waals surface area contributed by atoms with E-state index in [-0.39, 0.29) is 5.69 Å². The standard InChI is InChI=1S/C7H5ClF2N2O2/c1-3-2-4(12(13)14)5(8)6(11-3)7(9)10/h2,7H,1H3. The molecule has 0 bridgehead atoms. The maximum atomic E-state index is 12.3. The van der Waals surface area contributed by atoms with Crippen LogP contribution >= 0.6 is 11.6 Å². The summed E-state index contributed by atoms with van der Waals surface area (Å²) < 4.78 is 24.6. The molecule has 1 aromatic rings. The summed E-state index contributed by atoms with van der Waals surface area (Å²) >= 11 is 5.39. The molecule has 0 radical (unpaired) electrons. The Morgan fingerprint density at radius 1 is 1.64 bits per heavy atom. The van der Waals surface area contributed by atoms with Crippen LogP contribution < -0.4 is 0 Å². The molecule has 14 heavy (non-hydrogen) atoms. The zero-order chi connectivity index (χ0) is 10.9. The molecule has 0 atom stereocenters. The summed E-state index contributed by atoms with van der Waals surface area (Å²) in [5.74, 6) is 0. The van der Waals surface area contributed by atoms with E-state index in [4.69, 9.17) is 11.6 Å².